The van der Waals surface area contributed by atoms with E-state index in [2.05, 4.69) is 0 Å². The third kappa shape index (κ3) is 4.42. The molecular formula is C16H17NO4. The van der Waals surface area contributed by atoms with Crippen molar-refractivity contribution in [2.45, 2.75) is 20.8 Å². The molecular weight excluding hydrogens is 270 g/mol. The van der Waals surface area contributed by atoms with Gasteiger partial charge in [0.25, 0.3) is 0 Å². The number of hydrogen-bond acceptors (Lipinski definition) is 4. The average molecular weight is 287 g/mol. The van der Waals surface area contributed by atoms with Crippen LogP contribution in [0.4, 0.5) is 5.69 Å². The van der Waals surface area contributed by atoms with E-state index in [-0.39, 0.29) is 17.2 Å². The Hall–Kier alpha value is -2.69. The third-order valence-corrected chi connectivity index (χ3v) is 2.55. The van der Waals surface area contributed by atoms with Crippen LogP contribution >= 0.6 is 0 Å². The molecule has 0 spiro atoms. The van der Waals surface area contributed by atoms with Crippen molar-refractivity contribution in [2.24, 2.45) is 0 Å². The van der Waals surface area contributed by atoms with E-state index in [1.165, 1.54) is 19.1 Å². The number of rotatable bonds is 4. The molecule has 0 aromatic heterocycles. The summed E-state index contributed by atoms with van der Waals surface area (Å²) in [5.41, 5.74) is 0.466. The van der Waals surface area contributed by atoms with Gasteiger partial charge in [0.05, 0.1) is 4.92 Å². The van der Waals surface area contributed by atoms with Crippen LogP contribution < -0.4 is 4.74 Å². The van der Waals surface area contributed by atoms with E-state index in [0.717, 1.165) is 0 Å². The summed E-state index contributed by atoms with van der Waals surface area (Å²) < 4.78 is 5.45. The minimum Gasteiger partial charge on any atom is -0.450 e. The highest BCUT2D eigenvalue weighted by molar-refractivity contribution is 5.94. The van der Waals surface area contributed by atoms with Crippen LogP contribution in [0, 0.1) is 10.1 Å². The van der Waals surface area contributed by atoms with Crippen LogP contribution in [0.5, 0.6) is 11.5 Å². The maximum Gasteiger partial charge on any atom is 0.311 e. The minimum absolute atomic E-state index is 0.0442. The van der Waals surface area contributed by atoms with Crippen molar-refractivity contribution in [3.8, 4) is 11.5 Å². The molecule has 0 heterocycles. The number of ketones is 1. The fourth-order valence-corrected chi connectivity index (χ4v) is 1.58. The molecule has 2 rings (SSSR count). The Morgan fingerprint density at radius 3 is 2.14 bits per heavy atom. The summed E-state index contributed by atoms with van der Waals surface area (Å²) in [5.74, 6) is 0.569. The maximum atomic E-state index is 11.1. The minimum atomic E-state index is -0.501. The Morgan fingerprint density at radius 1 is 1.05 bits per heavy atom. The first-order chi connectivity index (χ1) is 10.1. The molecule has 0 N–H and O–H groups in total. The van der Waals surface area contributed by atoms with E-state index in [0.29, 0.717) is 11.3 Å². The maximum absolute atomic E-state index is 11.1. The number of nitro groups is 1. The number of nitrogens with zero attached hydrogens (tertiary/aromatic N) is 1. The quantitative estimate of drug-likeness (QED) is 0.467. The molecule has 0 fully saturated rings. The molecule has 5 heteroatoms. The lowest BCUT2D eigenvalue weighted by Gasteiger charge is -2.06. The third-order valence-electron chi connectivity index (χ3n) is 2.55. The van der Waals surface area contributed by atoms with Crippen LogP contribution in [0.25, 0.3) is 0 Å². The highest BCUT2D eigenvalue weighted by Gasteiger charge is 2.14. The predicted molar refractivity (Wildman–Crippen MR) is 81.0 cm³/mol. The zero-order valence-corrected chi connectivity index (χ0v) is 12.2. The standard InChI is InChI=1S/C14H11NO4.C2H6/c1-10(16)11-6-8-12(9-7-11)19-14-5-3-2-4-13(14)15(17)18;1-2/h2-9H,1H3;1-2H3. The number of ether oxygens (including phenoxy) is 1. The summed E-state index contributed by atoms with van der Waals surface area (Å²) in [4.78, 5) is 21.5. The van der Waals surface area contributed by atoms with Crippen molar-refractivity contribution in [3.63, 3.8) is 0 Å². The summed E-state index contributed by atoms with van der Waals surface area (Å²) in [6.45, 7) is 5.47. The molecule has 0 saturated heterocycles. The summed E-state index contributed by atoms with van der Waals surface area (Å²) in [5, 5.41) is 10.8. The highest BCUT2D eigenvalue weighted by atomic mass is 16.6. The van der Waals surface area contributed by atoms with Gasteiger partial charge in [0.15, 0.2) is 5.78 Å². The summed E-state index contributed by atoms with van der Waals surface area (Å²) >= 11 is 0. The topological polar surface area (TPSA) is 69.4 Å². The molecule has 0 bridgehead atoms. The Kier molecular flexibility index (Phi) is 6.07. The van der Waals surface area contributed by atoms with Gasteiger partial charge in [-0.1, -0.05) is 26.0 Å². The number of para-hydroxylation sites is 2. The van der Waals surface area contributed by atoms with Crippen molar-refractivity contribution in [3.05, 3.63) is 64.2 Å². The van der Waals surface area contributed by atoms with Gasteiger partial charge in [-0.3, -0.25) is 14.9 Å². The van der Waals surface area contributed by atoms with E-state index in [1.807, 2.05) is 13.8 Å². The Morgan fingerprint density at radius 2 is 1.62 bits per heavy atom. The van der Waals surface area contributed by atoms with Gasteiger partial charge in [0, 0.05) is 11.6 Å². The van der Waals surface area contributed by atoms with Gasteiger partial charge >= 0.3 is 5.69 Å². The zero-order chi connectivity index (χ0) is 15.8. The van der Waals surface area contributed by atoms with Crippen LogP contribution in [-0.2, 0) is 0 Å². The second kappa shape index (κ2) is 7.79. The smallest absolute Gasteiger partial charge is 0.311 e. The van der Waals surface area contributed by atoms with Crippen molar-refractivity contribution in [1.82, 2.24) is 0 Å². The molecule has 0 amide bonds. The second-order valence-electron chi connectivity index (χ2n) is 3.91. The average Bonchev–Trinajstić information content (AvgIpc) is 2.50. The molecule has 21 heavy (non-hydrogen) atoms. The van der Waals surface area contributed by atoms with Crippen LogP contribution in [-0.4, -0.2) is 10.7 Å². The lowest BCUT2D eigenvalue weighted by molar-refractivity contribution is -0.385. The molecule has 0 aliphatic carbocycles. The van der Waals surface area contributed by atoms with Crippen molar-refractivity contribution in [1.29, 1.82) is 0 Å². The van der Waals surface area contributed by atoms with E-state index < -0.39 is 4.92 Å². The van der Waals surface area contributed by atoms with Gasteiger partial charge in [-0.05, 0) is 37.3 Å². The van der Waals surface area contributed by atoms with Gasteiger partial charge in [-0.25, -0.2) is 0 Å². The van der Waals surface area contributed by atoms with Crippen molar-refractivity contribution >= 4 is 11.5 Å². The van der Waals surface area contributed by atoms with Crippen molar-refractivity contribution in [2.75, 3.05) is 0 Å². The van der Waals surface area contributed by atoms with Crippen LogP contribution in [0.15, 0.2) is 48.5 Å². The molecule has 0 radical (unpaired) electrons. The Labute approximate surface area is 123 Å². The lowest BCUT2D eigenvalue weighted by atomic mass is 10.1. The number of carbonyl (C=O) groups is 1. The van der Waals surface area contributed by atoms with E-state index in [4.69, 9.17) is 4.74 Å². The predicted octanol–water partition coefficient (Wildman–Crippen LogP) is 4.62. The fourth-order valence-electron chi connectivity index (χ4n) is 1.58. The normalized spacial score (nSPS) is 9.29. The molecule has 2 aromatic rings. The lowest BCUT2D eigenvalue weighted by Crippen LogP contribution is -1.94. The van der Waals surface area contributed by atoms with Crippen molar-refractivity contribution < 1.29 is 14.5 Å². The number of nitro benzene ring substituents is 1. The number of Topliss-reactive ketones (excluding diaryl/α,β-unsaturated/α-hetero) is 1. The highest BCUT2D eigenvalue weighted by Crippen LogP contribution is 2.30. The van der Waals surface area contributed by atoms with Crippen LogP contribution in [0.1, 0.15) is 31.1 Å². The van der Waals surface area contributed by atoms with E-state index in [9.17, 15) is 14.9 Å². The molecule has 5 nitrogen and oxygen atoms in total. The molecule has 110 valence electrons. The summed E-state index contributed by atoms with van der Waals surface area (Å²) in [6.07, 6.45) is 0. The van der Waals surface area contributed by atoms with Crippen LogP contribution in [0.2, 0.25) is 0 Å². The SMILES string of the molecule is CC.CC(=O)c1ccc(Oc2ccccc2[N+](=O)[O-])cc1. The largest absolute Gasteiger partial charge is 0.450 e. The molecule has 0 atom stereocenters. The number of hydrogen-bond donors (Lipinski definition) is 0. The van der Waals surface area contributed by atoms with E-state index in [1.54, 1.807) is 36.4 Å². The molecule has 2 aromatic carbocycles. The first-order valence-corrected chi connectivity index (χ1v) is 6.60. The van der Waals surface area contributed by atoms with Gasteiger partial charge < -0.3 is 4.74 Å². The van der Waals surface area contributed by atoms with Crippen LogP contribution in [0.3, 0.4) is 0 Å². The Bertz CT molecular complexity index is 620. The number of carbonyl (C=O) groups excluding carboxylic acids is 1. The molecule has 0 saturated carbocycles. The first-order valence-electron chi connectivity index (χ1n) is 6.60. The molecule has 0 unspecified atom stereocenters. The summed E-state index contributed by atoms with van der Waals surface area (Å²) in [6, 6.07) is 12.6. The number of benzene rings is 2. The molecule has 0 aliphatic rings. The van der Waals surface area contributed by atoms with Gasteiger partial charge in [-0.15, -0.1) is 0 Å². The van der Waals surface area contributed by atoms with Gasteiger partial charge in [-0.2, -0.15) is 0 Å². The van der Waals surface area contributed by atoms with E-state index >= 15 is 0 Å². The van der Waals surface area contributed by atoms with Gasteiger partial charge in [0.1, 0.15) is 5.75 Å². The fraction of sp³-hybridized carbons (Fsp3) is 0.188. The molecule has 0 aliphatic heterocycles. The zero-order valence-electron chi connectivity index (χ0n) is 12.2. The van der Waals surface area contributed by atoms with Gasteiger partial charge in [0.2, 0.25) is 5.75 Å². The first kappa shape index (κ1) is 16.4. The monoisotopic (exact) mass is 287 g/mol. The second-order valence-corrected chi connectivity index (χ2v) is 3.91. The summed E-state index contributed by atoms with van der Waals surface area (Å²) in [7, 11) is 0. The Balaban J connectivity index is 0.00000106.